The predicted molar refractivity (Wildman–Crippen MR) is 117 cm³/mol. The molecule has 4 fully saturated rings. The summed E-state index contributed by atoms with van der Waals surface area (Å²) in [6.07, 6.45) is 8.98. The van der Waals surface area contributed by atoms with E-state index >= 15 is 0 Å². The highest BCUT2D eigenvalue weighted by atomic mass is 16.2. The molecule has 2 aliphatic heterocycles. The van der Waals surface area contributed by atoms with Gasteiger partial charge in [-0.1, -0.05) is 31.0 Å². The molecule has 0 spiro atoms. The van der Waals surface area contributed by atoms with Crippen LogP contribution in [0.15, 0.2) is 30.3 Å². The van der Waals surface area contributed by atoms with Crippen LogP contribution < -0.4 is 5.32 Å². The minimum atomic E-state index is -0.397. The highest BCUT2D eigenvalue weighted by molar-refractivity contribution is 5.98. The summed E-state index contributed by atoms with van der Waals surface area (Å²) < 4.78 is 0. The van der Waals surface area contributed by atoms with Crippen molar-refractivity contribution in [2.45, 2.75) is 75.9 Å². The zero-order chi connectivity index (χ0) is 21.4. The van der Waals surface area contributed by atoms with Gasteiger partial charge in [0.2, 0.25) is 11.8 Å². The number of hydrogen-bond acceptors (Lipinski definition) is 3. The summed E-state index contributed by atoms with van der Waals surface area (Å²) in [7, 11) is 0. The van der Waals surface area contributed by atoms with Crippen molar-refractivity contribution in [2.24, 2.45) is 11.8 Å². The van der Waals surface area contributed by atoms with E-state index in [2.05, 4.69) is 5.32 Å². The van der Waals surface area contributed by atoms with Crippen LogP contribution >= 0.6 is 0 Å². The molecule has 2 heterocycles. The van der Waals surface area contributed by atoms with Gasteiger partial charge in [0.1, 0.15) is 6.04 Å². The molecule has 166 valence electrons. The highest BCUT2D eigenvalue weighted by Crippen LogP contribution is 2.41. The number of rotatable bonds is 4. The van der Waals surface area contributed by atoms with Crippen LogP contribution in [0.5, 0.6) is 0 Å². The molecule has 2 aliphatic carbocycles. The van der Waals surface area contributed by atoms with Crippen LogP contribution in [0, 0.1) is 11.8 Å². The topological polar surface area (TPSA) is 69.7 Å². The van der Waals surface area contributed by atoms with E-state index in [4.69, 9.17) is 0 Å². The van der Waals surface area contributed by atoms with Crippen LogP contribution in [0.1, 0.15) is 68.1 Å². The monoisotopic (exact) mass is 423 g/mol. The van der Waals surface area contributed by atoms with E-state index in [1.807, 2.05) is 40.1 Å². The zero-order valence-corrected chi connectivity index (χ0v) is 18.2. The number of carbonyl (C=O) groups is 3. The predicted octanol–water partition coefficient (Wildman–Crippen LogP) is 2.98. The minimum absolute atomic E-state index is 0.0200. The van der Waals surface area contributed by atoms with Crippen molar-refractivity contribution in [1.82, 2.24) is 15.1 Å². The van der Waals surface area contributed by atoms with Crippen molar-refractivity contribution in [3.63, 3.8) is 0 Å². The first-order valence-corrected chi connectivity index (χ1v) is 12.1. The first kappa shape index (κ1) is 20.5. The van der Waals surface area contributed by atoms with Crippen molar-refractivity contribution in [3.8, 4) is 0 Å². The molecule has 4 atom stereocenters. The smallest absolute Gasteiger partial charge is 0.254 e. The third-order valence-electron chi connectivity index (χ3n) is 7.66. The van der Waals surface area contributed by atoms with Gasteiger partial charge >= 0.3 is 0 Å². The molecule has 6 heteroatoms. The Labute approximate surface area is 184 Å². The number of likely N-dealkylation sites (tertiary alicyclic amines) is 2. The van der Waals surface area contributed by atoms with Crippen molar-refractivity contribution in [2.75, 3.05) is 13.1 Å². The molecule has 31 heavy (non-hydrogen) atoms. The molecule has 1 aromatic rings. The van der Waals surface area contributed by atoms with Gasteiger partial charge in [-0.3, -0.25) is 14.4 Å². The van der Waals surface area contributed by atoms with Gasteiger partial charge in [0.15, 0.2) is 0 Å². The molecule has 2 saturated carbocycles. The second-order valence-corrected chi connectivity index (χ2v) is 9.85. The maximum absolute atomic E-state index is 13.7. The Morgan fingerprint density at radius 3 is 2.45 bits per heavy atom. The summed E-state index contributed by atoms with van der Waals surface area (Å²) in [6, 6.07) is 9.47. The summed E-state index contributed by atoms with van der Waals surface area (Å²) in [6.45, 7) is 1.17. The number of piperidine rings is 1. The largest absolute Gasteiger partial charge is 0.353 e. The van der Waals surface area contributed by atoms with E-state index in [-0.39, 0.29) is 29.7 Å². The fraction of sp³-hybridized carbons (Fsp3) is 0.640. The number of benzene rings is 1. The van der Waals surface area contributed by atoms with Crippen LogP contribution in [-0.4, -0.2) is 58.7 Å². The molecular weight excluding hydrogens is 390 g/mol. The van der Waals surface area contributed by atoms with E-state index in [0.717, 1.165) is 51.4 Å². The summed E-state index contributed by atoms with van der Waals surface area (Å²) in [5, 5.41) is 3.10. The van der Waals surface area contributed by atoms with Gasteiger partial charge in [0.05, 0.1) is 5.92 Å². The Morgan fingerprint density at radius 2 is 1.68 bits per heavy atom. The second kappa shape index (κ2) is 8.64. The molecule has 6 nitrogen and oxygen atoms in total. The molecule has 0 bridgehead atoms. The summed E-state index contributed by atoms with van der Waals surface area (Å²) in [5.74, 6) is 0.405. The number of hydrogen-bond donors (Lipinski definition) is 1. The lowest BCUT2D eigenvalue weighted by Gasteiger charge is -2.37. The Balaban J connectivity index is 1.34. The first-order chi connectivity index (χ1) is 15.1. The Hall–Kier alpha value is -2.37. The van der Waals surface area contributed by atoms with Crippen molar-refractivity contribution < 1.29 is 14.4 Å². The lowest BCUT2D eigenvalue weighted by Crippen LogP contribution is -2.54. The second-order valence-electron chi connectivity index (χ2n) is 9.85. The van der Waals surface area contributed by atoms with Gasteiger partial charge in [-0.25, -0.2) is 0 Å². The average molecular weight is 424 g/mol. The molecule has 0 radical (unpaired) electrons. The first-order valence-electron chi connectivity index (χ1n) is 12.1. The van der Waals surface area contributed by atoms with Gasteiger partial charge in [-0.05, 0) is 63.0 Å². The zero-order valence-electron chi connectivity index (χ0n) is 18.2. The van der Waals surface area contributed by atoms with Crippen LogP contribution in [0.25, 0.3) is 0 Å². The van der Waals surface area contributed by atoms with Gasteiger partial charge in [-0.2, -0.15) is 0 Å². The van der Waals surface area contributed by atoms with E-state index < -0.39 is 6.04 Å². The molecule has 2 saturated heterocycles. The Kier molecular flexibility index (Phi) is 5.72. The number of carbonyl (C=O) groups excluding carboxylic acids is 3. The molecule has 4 unspecified atom stereocenters. The minimum Gasteiger partial charge on any atom is -0.353 e. The Bertz CT molecular complexity index is 838. The van der Waals surface area contributed by atoms with Crippen LogP contribution in [0.2, 0.25) is 0 Å². The van der Waals surface area contributed by atoms with Crippen LogP contribution in [0.4, 0.5) is 0 Å². The van der Waals surface area contributed by atoms with E-state index in [0.29, 0.717) is 30.6 Å². The fourth-order valence-corrected chi connectivity index (χ4v) is 5.85. The van der Waals surface area contributed by atoms with Crippen molar-refractivity contribution in [3.05, 3.63) is 35.9 Å². The average Bonchev–Trinajstić information content (AvgIpc) is 3.55. The third-order valence-corrected chi connectivity index (χ3v) is 7.66. The fourth-order valence-electron chi connectivity index (χ4n) is 5.85. The van der Waals surface area contributed by atoms with Gasteiger partial charge in [-0.15, -0.1) is 0 Å². The van der Waals surface area contributed by atoms with E-state index in [1.165, 1.54) is 6.42 Å². The molecule has 3 amide bonds. The summed E-state index contributed by atoms with van der Waals surface area (Å²) in [4.78, 5) is 43.6. The number of fused-ring (bicyclic) bond motifs is 1. The number of nitrogens with zero attached hydrogens (tertiary/aromatic N) is 2. The normalized spacial score (nSPS) is 30.6. The molecule has 1 N–H and O–H groups in total. The lowest BCUT2D eigenvalue weighted by atomic mass is 9.84. The molecule has 5 rings (SSSR count). The Morgan fingerprint density at radius 1 is 0.903 bits per heavy atom. The summed E-state index contributed by atoms with van der Waals surface area (Å²) in [5.41, 5.74) is 0.659. The van der Waals surface area contributed by atoms with Gasteiger partial charge < -0.3 is 15.1 Å². The quantitative estimate of drug-likeness (QED) is 0.809. The summed E-state index contributed by atoms with van der Waals surface area (Å²) >= 11 is 0. The van der Waals surface area contributed by atoms with E-state index in [9.17, 15) is 14.4 Å². The standard InChI is InChI=1S/C25H33N3O3/c29-23(26-20-12-13-20)19-10-6-14-27(16-19)25(31)22-15-18-9-4-5-11-21(18)28(22)24(30)17-7-2-1-3-8-17/h1-3,7-8,18-22H,4-6,9-16H2,(H,26,29). The number of amides is 3. The number of nitrogens with one attached hydrogen (secondary N) is 1. The highest BCUT2D eigenvalue weighted by Gasteiger charge is 2.49. The van der Waals surface area contributed by atoms with Crippen LogP contribution in [0.3, 0.4) is 0 Å². The lowest BCUT2D eigenvalue weighted by molar-refractivity contribution is -0.139. The molecular formula is C25H33N3O3. The van der Waals surface area contributed by atoms with Gasteiger partial charge in [0.25, 0.3) is 5.91 Å². The van der Waals surface area contributed by atoms with E-state index in [1.54, 1.807) is 0 Å². The van der Waals surface area contributed by atoms with Crippen LogP contribution in [-0.2, 0) is 9.59 Å². The maximum atomic E-state index is 13.7. The third kappa shape index (κ3) is 4.21. The molecule has 0 aromatic heterocycles. The van der Waals surface area contributed by atoms with Crippen molar-refractivity contribution >= 4 is 17.7 Å². The van der Waals surface area contributed by atoms with Crippen molar-refractivity contribution in [1.29, 1.82) is 0 Å². The SMILES string of the molecule is O=C(NC1CC1)C1CCCN(C(=O)C2CC3CCCCC3N2C(=O)c2ccccc2)C1. The van der Waals surface area contributed by atoms with Gasteiger partial charge in [0, 0.05) is 30.7 Å². The molecule has 1 aromatic carbocycles. The maximum Gasteiger partial charge on any atom is 0.254 e. The molecule has 4 aliphatic rings.